The number of anilines is 1. The number of nitrogens with one attached hydrogen (secondary N) is 2. The molecule has 2 heterocycles. The van der Waals surface area contributed by atoms with Crippen LogP contribution in [0.15, 0.2) is 42.6 Å². The molecule has 5 rings (SSSR count). The number of aliphatic hydroxyl groups excluding tert-OH is 1. The molecule has 0 spiro atoms. The van der Waals surface area contributed by atoms with Crippen molar-refractivity contribution < 1.29 is 28.6 Å². The number of amides is 2. The Morgan fingerprint density at radius 2 is 2.02 bits per heavy atom. The number of methoxy groups -OCH3 is 2. The van der Waals surface area contributed by atoms with E-state index in [0.29, 0.717) is 33.4 Å². The maximum absolute atomic E-state index is 14.0. The molecule has 2 atom stereocenters. The number of hydrogen-bond acceptors (Lipinski definition) is 8. The van der Waals surface area contributed by atoms with E-state index in [-0.39, 0.29) is 30.3 Å². The van der Waals surface area contributed by atoms with Gasteiger partial charge in [0.2, 0.25) is 11.9 Å². The summed E-state index contributed by atoms with van der Waals surface area (Å²) in [6.07, 6.45) is 3.48. The van der Waals surface area contributed by atoms with E-state index in [0.717, 1.165) is 18.4 Å². The van der Waals surface area contributed by atoms with Gasteiger partial charge < -0.3 is 30.1 Å². The first kappa shape index (κ1) is 28.7. The highest BCUT2D eigenvalue weighted by atomic mass is 35.5. The summed E-state index contributed by atoms with van der Waals surface area (Å²) in [6.45, 7) is 1.37. The molecule has 0 bridgehead atoms. The highest BCUT2D eigenvalue weighted by Gasteiger charge is 2.35. The lowest BCUT2D eigenvalue weighted by Crippen LogP contribution is -2.46. The number of halogens is 2. The predicted octanol–water partition coefficient (Wildman–Crippen LogP) is 3.73. The minimum atomic E-state index is -0.885. The van der Waals surface area contributed by atoms with Crippen LogP contribution in [0.25, 0.3) is 11.3 Å². The van der Waals surface area contributed by atoms with Crippen LogP contribution in [0.1, 0.15) is 47.3 Å². The van der Waals surface area contributed by atoms with E-state index in [4.69, 9.17) is 21.1 Å². The summed E-state index contributed by atoms with van der Waals surface area (Å²) >= 11 is 6.44. The zero-order chi connectivity index (χ0) is 29.3. The predicted molar refractivity (Wildman–Crippen MR) is 150 cm³/mol. The Hall–Kier alpha value is -3.80. The average Bonchev–Trinajstić information content (AvgIpc) is 3.28. The van der Waals surface area contributed by atoms with Gasteiger partial charge in [-0.2, -0.15) is 0 Å². The van der Waals surface area contributed by atoms with Gasteiger partial charge in [0.25, 0.3) is 5.91 Å². The molecular formula is C29H31ClFN5O5. The van der Waals surface area contributed by atoms with Gasteiger partial charge in [-0.05, 0) is 49.1 Å². The second-order valence-corrected chi connectivity index (χ2v) is 10.6. The number of aromatic nitrogens is 2. The molecule has 1 aromatic heterocycles. The van der Waals surface area contributed by atoms with E-state index >= 15 is 0 Å². The van der Waals surface area contributed by atoms with Gasteiger partial charge in [0.15, 0.2) is 0 Å². The molecule has 3 N–H and O–H groups in total. The fourth-order valence-electron chi connectivity index (χ4n) is 5.05. The van der Waals surface area contributed by atoms with Crippen molar-refractivity contribution in [1.29, 1.82) is 0 Å². The van der Waals surface area contributed by atoms with Crippen molar-refractivity contribution in [2.75, 3.05) is 26.1 Å². The van der Waals surface area contributed by atoms with Gasteiger partial charge in [0, 0.05) is 36.9 Å². The van der Waals surface area contributed by atoms with E-state index in [1.54, 1.807) is 20.1 Å². The third kappa shape index (κ3) is 5.97. The quantitative estimate of drug-likeness (QED) is 0.330. The third-order valence-corrected chi connectivity index (χ3v) is 7.88. The van der Waals surface area contributed by atoms with Crippen molar-refractivity contribution in [2.45, 2.75) is 50.5 Å². The number of hydrogen-bond donors (Lipinski definition) is 3. The van der Waals surface area contributed by atoms with Gasteiger partial charge in [-0.3, -0.25) is 9.59 Å². The summed E-state index contributed by atoms with van der Waals surface area (Å²) in [4.78, 5) is 36.9. The minimum Gasteiger partial charge on any atom is -0.497 e. The fourth-order valence-corrected chi connectivity index (χ4v) is 5.25. The summed E-state index contributed by atoms with van der Waals surface area (Å²) in [5.41, 5.74) is 2.69. The number of carbonyl (C=O) groups is 2. The molecule has 41 heavy (non-hydrogen) atoms. The Morgan fingerprint density at radius 3 is 2.73 bits per heavy atom. The van der Waals surface area contributed by atoms with Crippen molar-refractivity contribution in [1.82, 2.24) is 20.2 Å². The van der Waals surface area contributed by atoms with E-state index < -0.39 is 30.4 Å². The molecule has 1 aliphatic heterocycles. The van der Waals surface area contributed by atoms with Gasteiger partial charge in [-0.25, -0.2) is 14.4 Å². The third-order valence-electron chi connectivity index (χ3n) is 7.60. The molecule has 2 aromatic carbocycles. The number of ether oxygens (including phenoxy) is 2. The van der Waals surface area contributed by atoms with Gasteiger partial charge in [0.05, 0.1) is 42.8 Å². The van der Waals surface area contributed by atoms with E-state index in [1.165, 1.54) is 36.4 Å². The second kappa shape index (κ2) is 12.0. The number of rotatable bonds is 10. The normalized spacial score (nSPS) is 19.3. The number of benzene rings is 2. The molecule has 1 saturated carbocycles. The summed E-state index contributed by atoms with van der Waals surface area (Å²) in [7, 11) is 3.09. The summed E-state index contributed by atoms with van der Waals surface area (Å²) in [5.74, 6) is -0.667. The Morgan fingerprint density at radius 1 is 1.24 bits per heavy atom. The summed E-state index contributed by atoms with van der Waals surface area (Å²) in [5, 5.41) is 16.3. The van der Waals surface area contributed by atoms with E-state index in [2.05, 4.69) is 20.6 Å². The maximum Gasteiger partial charge on any atom is 0.255 e. The van der Waals surface area contributed by atoms with Crippen LogP contribution >= 0.6 is 11.6 Å². The van der Waals surface area contributed by atoms with Crippen LogP contribution in [-0.2, 0) is 16.1 Å². The topological polar surface area (TPSA) is 126 Å². The minimum absolute atomic E-state index is 0.213. The van der Waals surface area contributed by atoms with Gasteiger partial charge >= 0.3 is 0 Å². The lowest BCUT2D eigenvalue weighted by Gasteiger charge is -2.34. The van der Waals surface area contributed by atoms with Crippen molar-refractivity contribution in [3.8, 4) is 17.0 Å². The van der Waals surface area contributed by atoms with Crippen LogP contribution in [0, 0.1) is 5.82 Å². The Labute approximate surface area is 241 Å². The van der Waals surface area contributed by atoms with Crippen LogP contribution in [0.3, 0.4) is 0 Å². The Kier molecular flexibility index (Phi) is 8.39. The SMILES string of the molecule is COc1cc(F)cc([C@@H](CO)NC(=O)[C@@H](C)N2Cc3ccc(-c4nc(NC5CC(OC)C5)ncc4Cl)cc3C2=O)c1. The van der Waals surface area contributed by atoms with E-state index in [9.17, 15) is 19.1 Å². The molecule has 12 heteroatoms. The van der Waals surface area contributed by atoms with Crippen molar-refractivity contribution in [3.05, 3.63) is 70.1 Å². The molecular weight excluding hydrogens is 553 g/mol. The van der Waals surface area contributed by atoms with Crippen molar-refractivity contribution >= 4 is 29.4 Å². The molecule has 0 saturated heterocycles. The van der Waals surface area contributed by atoms with Crippen LogP contribution in [0.5, 0.6) is 5.75 Å². The standard InChI is InChI=1S/C29H31ClFN5O5/c1-15(27(38)34-25(14-37)18-6-19(31)9-21(7-18)40-2)36-13-17-5-4-16(8-23(17)28(36)39)26-24(30)12-32-29(35-26)33-20-10-22(11-20)41-3/h4-9,12,15,20,22,25,37H,10-11,13-14H2,1-3H3,(H,34,38)(H,32,33,35)/t15-,20?,22?,25-/m1/s1. The second-order valence-electron chi connectivity index (χ2n) is 10.2. The first-order valence-corrected chi connectivity index (χ1v) is 13.6. The van der Waals surface area contributed by atoms with Crippen LogP contribution in [0.2, 0.25) is 5.02 Å². The highest BCUT2D eigenvalue weighted by Crippen LogP contribution is 2.33. The number of aliphatic hydroxyl groups is 1. The fraction of sp³-hybridized carbons (Fsp3) is 0.379. The zero-order valence-corrected chi connectivity index (χ0v) is 23.6. The van der Waals surface area contributed by atoms with Crippen molar-refractivity contribution in [2.24, 2.45) is 0 Å². The summed E-state index contributed by atoms with van der Waals surface area (Å²) in [6, 6.07) is 7.80. The Bertz CT molecular complexity index is 1470. The lowest BCUT2D eigenvalue weighted by molar-refractivity contribution is -0.126. The molecule has 0 radical (unpaired) electrons. The lowest BCUT2D eigenvalue weighted by atomic mass is 9.89. The van der Waals surface area contributed by atoms with Gasteiger partial charge in [0.1, 0.15) is 17.6 Å². The average molecular weight is 584 g/mol. The smallest absolute Gasteiger partial charge is 0.255 e. The van der Waals surface area contributed by atoms with Crippen LogP contribution < -0.4 is 15.4 Å². The highest BCUT2D eigenvalue weighted by molar-refractivity contribution is 6.33. The zero-order valence-electron chi connectivity index (χ0n) is 22.9. The van der Waals surface area contributed by atoms with Gasteiger partial charge in [-0.1, -0.05) is 23.7 Å². The molecule has 0 unspecified atom stereocenters. The van der Waals surface area contributed by atoms with Crippen LogP contribution in [-0.4, -0.2) is 70.8 Å². The van der Waals surface area contributed by atoms with Crippen LogP contribution in [0.4, 0.5) is 10.3 Å². The molecule has 3 aromatic rings. The first-order chi connectivity index (χ1) is 19.7. The maximum atomic E-state index is 14.0. The number of fused-ring (bicyclic) bond motifs is 1. The summed E-state index contributed by atoms with van der Waals surface area (Å²) < 4.78 is 24.4. The molecule has 2 aliphatic rings. The molecule has 2 amide bonds. The number of carbonyl (C=O) groups excluding carboxylic acids is 2. The largest absolute Gasteiger partial charge is 0.497 e. The van der Waals surface area contributed by atoms with E-state index in [1.807, 2.05) is 12.1 Å². The number of nitrogens with zero attached hydrogens (tertiary/aromatic N) is 3. The Balaban J connectivity index is 1.30. The molecule has 216 valence electrons. The molecule has 10 nitrogen and oxygen atoms in total. The van der Waals surface area contributed by atoms with Gasteiger partial charge in [-0.15, -0.1) is 0 Å². The molecule has 1 fully saturated rings. The molecule has 1 aliphatic carbocycles. The first-order valence-electron chi connectivity index (χ1n) is 13.2. The monoisotopic (exact) mass is 583 g/mol. The van der Waals surface area contributed by atoms with Crippen molar-refractivity contribution in [3.63, 3.8) is 0 Å².